The van der Waals surface area contributed by atoms with Crippen molar-refractivity contribution < 1.29 is 13.2 Å². The molecule has 0 atom stereocenters. The van der Waals surface area contributed by atoms with E-state index in [0.717, 1.165) is 0 Å². The highest BCUT2D eigenvalue weighted by atomic mass is 79.9. The van der Waals surface area contributed by atoms with Crippen LogP contribution in [0.4, 0.5) is 13.2 Å². The Kier molecular flexibility index (Phi) is 12.1. The van der Waals surface area contributed by atoms with Crippen molar-refractivity contribution in [3.63, 3.8) is 0 Å². The van der Waals surface area contributed by atoms with Crippen LogP contribution >= 0.6 is 25.8 Å². The molecule has 0 unspecified atom stereocenters. The van der Waals surface area contributed by atoms with Crippen LogP contribution in [-0.2, 0) is 0 Å². The minimum atomic E-state index is -4.01. The molecule has 0 bridgehead atoms. The number of halogens is 5. The van der Waals surface area contributed by atoms with E-state index in [1.807, 2.05) is 0 Å². The van der Waals surface area contributed by atoms with Gasteiger partial charge in [0.25, 0.3) is 0 Å². The summed E-state index contributed by atoms with van der Waals surface area (Å²) in [5, 5.41) is 0. The maximum atomic E-state index is 11.0. The number of alkyl halides is 3. The molecule has 0 saturated heterocycles. The van der Waals surface area contributed by atoms with Crippen LogP contribution in [-0.4, -0.2) is 22.2 Å². The van der Waals surface area contributed by atoms with Gasteiger partial charge in [-0.2, -0.15) is 13.2 Å². The zero-order valence-corrected chi connectivity index (χ0v) is 9.80. The second-order valence-corrected chi connectivity index (χ2v) is 9.40. The fourth-order valence-corrected chi connectivity index (χ4v) is 0.200. The van der Waals surface area contributed by atoms with Gasteiger partial charge in [-0.05, 0) is 6.42 Å². The van der Waals surface area contributed by atoms with Gasteiger partial charge in [-0.3, -0.25) is 25.8 Å². The molecule has 0 N–H and O–H groups in total. The quantitative estimate of drug-likeness (QED) is 0.650. The van der Waals surface area contributed by atoms with Crippen molar-refractivity contribution in [3.05, 3.63) is 6.92 Å². The number of hydrogen-bond acceptors (Lipinski definition) is 0. The predicted molar refractivity (Wildman–Crippen MR) is 44.3 cm³/mol. The van der Waals surface area contributed by atoms with Gasteiger partial charge in [-0.15, -0.1) is 0 Å². The van der Waals surface area contributed by atoms with Crippen LogP contribution in [0.1, 0.15) is 12.8 Å². The molecule has 0 fully saturated rings. The van der Waals surface area contributed by atoms with E-state index in [2.05, 4.69) is 32.7 Å². The molecule has 1 radical (unpaired) electrons. The highest BCUT2D eigenvalue weighted by Gasteiger charge is 2.24. The monoisotopic (exact) mass is 293 g/mol. The van der Waals surface area contributed by atoms with Crippen LogP contribution < -0.4 is 0 Å². The van der Waals surface area contributed by atoms with E-state index in [-0.39, 0.29) is 22.4 Å². The first-order valence-corrected chi connectivity index (χ1v) is 10.3. The summed E-state index contributed by atoms with van der Waals surface area (Å²) in [4.78, 5) is 0. The van der Waals surface area contributed by atoms with Crippen molar-refractivity contribution in [3.8, 4) is 0 Å². The molecule has 6 heteroatoms. The van der Waals surface area contributed by atoms with Crippen molar-refractivity contribution in [1.29, 1.82) is 0 Å². The van der Waals surface area contributed by atoms with E-state index in [0.29, 0.717) is 0 Å². The van der Waals surface area contributed by atoms with Crippen molar-refractivity contribution in [2.24, 2.45) is 0 Å². The maximum absolute atomic E-state index is 11.0. The molecule has 0 aromatic carbocycles. The first-order valence-electron chi connectivity index (χ1n) is 2.46. The lowest BCUT2D eigenvalue weighted by Crippen LogP contribution is -2.04. The summed E-state index contributed by atoms with van der Waals surface area (Å²) in [5.74, 6) is 0. The summed E-state index contributed by atoms with van der Waals surface area (Å²) in [5.41, 5.74) is 0. The van der Waals surface area contributed by atoms with Crippen molar-refractivity contribution in [2.75, 3.05) is 0 Å². The van der Waals surface area contributed by atoms with Gasteiger partial charge in [-0.25, -0.2) is 0 Å². The highest BCUT2D eigenvalue weighted by Crippen LogP contribution is 2.20. The normalized spacial score (nSPS) is 9.40. The predicted octanol–water partition coefficient (Wildman–Crippen LogP) is 3.47. The zero-order valence-electron chi connectivity index (χ0n) is 5.22. The van der Waals surface area contributed by atoms with Crippen LogP contribution in [0.2, 0.25) is 0 Å². The Morgan fingerprint density at radius 2 is 1.60 bits per heavy atom. The molecule has 0 spiro atoms. The largest absolute Gasteiger partial charge is 0.560 e. The van der Waals surface area contributed by atoms with Gasteiger partial charge in [-0.1, -0.05) is 6.92 Å². The molecular weight excluding hydrogens is 289 g/mol. The van der Waals surface area contributed by atoms with E-state index >= 15 is 0 Å². The number of rotatable bonds is 1. The molecule has 0 aromatic heterocycles. The molecule has 0 aliphatic carbocycles. The second kappa shape index (κ2) is 8.61. The maximum Gasteiger partial charge on any atom is 0.560 e. The molecule has 59 valence electrons. The average molecular weight is 295 g/mol. The minimum Gasteiger partial charge on any atom is -0.280 e. The Bertz CT molecular complexity index is 66.0. The first kappa shape index (κ1) is 14.1. The summed E-state index contributed by atoms with van der Waals surface area (Å²) < 4.78 is 33.0. The molecule has 0 saturated carbocycles. The van der Waals surface area contributed by atoms with Crippen molar-refractivity contribution in [2.45, 2.75) is 19.0 Å². The number of hydrogen-bond donors (Lipinski definition) is 0. The average Bonchev–Trinajstić information content (AvgIpc) is 1.63. The molecule has 0 nitrogen and oxygen atoms in total. The smallest absolute Gasteiger partial charge is 0.280 e. The molecule has 10 heavy (non-hydrogen) atoms. The second-order valence-electron chi connectivity index (χ2n) is 1.32. The molecule has 0 heterocycles. The van der Waals surface area contributed by atoms with E-state index in [1.165, 1.54) is 0 Å². The van der Waals surface area contributed by atoms with Crippen LogP contribution in [0.3, 0.4) is 0 Å². The summed E-state index contributed by atoms with van der Waals surface area (Å²) in [6.45, 7) is 3.05. The third kappa shape index (κ3) is 22.7. The van der Waals surface area contributed by atoms with Crippen LogP contribution in [0.5, 0.6) is 0 Å². The lowest BCUT2D eigenvalue weighted by atomic mass is 10.3. The molecule has 0 aliphatic rings. The van der Waals surface area contributed by atoms with Crippen molar-refractivity contribution >= 4 is 41.8 Å². The van der Waals surface area contributed by atoms with Crippen molar-refractivity contribution in [1.82, 2.24) is 0 Å². The minimum absolute atomic E-state index is 0.0417. The summed E-state index contributed by atoms with van der Waals surface area (Å²) >= 11 is 6.44. The van der Waals surface area contributed by atoms with E-state index in [1.54, 1.807) is 0 Å². The Hall–Kier alpha value is 1.52. The van der Waals surface area contributed by atoms with Crippen LogP contribution in [0, 0.1) is 6.92 Å². The summed E-state index contributed by atoms with van der Waals surface area (Å²) in [6.07, 6.45) is -4.85. The molecular formula is C4H6Br2F3Mg. The van der Waals surface area contributed by atoms with Gasteiger partial charge in [0.2, 0.25) is 0 Å². The molecule has 0 aliphatic heterocycles. The third-order valence-corrected chi connectivity index (χ3v) is 0.460. The van der Waals surface area contributed by atoms with Crippen LogP contribution in [0.25, 0.3) is 0 Å². The molecule has 0 amide bonds. The van der Waals surface area contributed by atoms with Crippen LogP contribution in [0.15, 0.2) is 0 Å². The zero-order chi connectivity index (χ0) is 8.62. The Balaban J connectivity index is 0. The van der Waals surface area contributed by atoms with E-state index in [4.69, 9.17) is 0 Å². The SMILES string of the molecule is [Br][Mg][Br].[CH2]CCC(F)(F)F. The van der Waals surface area contributed by atoms with Gasteiger partial charge in [0, 0.05) is 6.42 Å². The standard InChI is InChI=1S/C4H6F3.2BrH.Mg/c1-2-3-4(5,6)7;;;/h1-3H2;2*1H;/q;;;+2/p-2. The molecule has 0 rings (SSSR count). The Morgan fingerprint density at radius 1 is 1.30 bits per heavy atom. The Labute approximate surface area is 80.4 Å². The van der Waals surface area contributed by atoms with Gasteiger partial charge >= 0.3 is 22.2 Å². The fraction of sp³-hybridized carbons (Fsp3) is 0.750. The van der Waals surface area contributed by atoms with Gasteiger partial charge in [0.1, 0.15) is 0 Å². The van der Waals surface area contributed by atoms with Gasteiger partial charge in [0.15, 0.2) is 0 Å². The topological polar surface area (TPSA) is 0 Å². The van der Waals surface area contributed by atoms with E-state index in [9.17, 15) is 13.2 Å². The highest BCUT2D eigenvalue weighted by molar-refractivity contribution is 9.47. The fourth-order valence-electron chi connectivity index (χ4n) is 0.200. The Morgan fingerprint density at radius 3 is 1.60 bits per heavy atom. The van der Waals surface area contributed by atoms with Gasteiger partial charge in [0.05, 0.1) is 0 Å². The molecule has 0 aromatic rings. The van der Waals surface area contributed by atoms with Gasteiger partial charge < -0.3 is 0 Å². The summed E-state index contributed by atoms with van der Waals surface area (Å²) in [7, 11) is 0. The van der Waals surface area contributed by atoms with E-state index < -0.39 is 12.6 Å². The summed E-state index contributed by atoms with van der Waals surface area (Å²) in [6, 6.07) is 0. The first-order chi connectivity index (χ1) is 4.47. The lowest BCUT2D eigenvalue weighted by molar-refractivity contribution is -0.133. The third-order valence-electron chi connectivity index (χ3n) is 0.460. The lowest BCUT2D eigenvalue weighted by Gasteiger charge is -2.00.